The molecule has 2 rings (SSSR count). The number of ether oxygens (including phenoxy) is 3. The van der Waals surface area contributed by atoms with Gasteiger partial charge in [0.05, 0.1) is 6.61 Å². The van der Waals surface area contributed by atoms with Gasteiger partial charge in [-0.25, -0.2) is 4.79 Å². The molecule has 4 nitrogen and oxygen atoms in total. The first-order valence-electron chi connectivity index (χ1n) is 9.56. The molecule has 156 valence electrons. The second-order valence-electron chi connectivity index (χ2n) is 6.40. The number of carbonyl (C=O) groups excluding carboxylic acids is 1. The molecule has 0 radical (unpaired) electrons. The van der Waals surface area contributed by atoms with Crippen LogP contribution in [0.15, 0.2) is 48.5 Å². The minimum Gasteiger partial charge on any atom is -0.490 e. The molecule has 0 aromatic heterocycles. The van der Waals surface area contributed by atoms with Gasteiger partial charge in [-0.15, -0.1) is 0 Å². The quantitative estimate of drug-likeness (QED) is 0.429. The van der Waals surface area contributed by atoms with Crippen molar-refractivity contribution in [2.45, 2.75) is 33.3 Å². The van der Waals surface area contributed by atoms with Crippen molar-refractivity contribution in [3.05, 3.63) is 69.7 Å². The second-order valence-corrected chi connectivity index (χ2v) is 7.27. The minimum atomic E-state index is -0.596. The summed E-state index contributed by atoms with van der Waals surface area (Å²) in [6.07, 6.45) is 1.84. The van der Waals surface area contributed by atoms with Crippen molar-refractivity contribution in [3.8, 4) is 5.75 Å². The van der Waals surface area contributed by atoms with E-state index in [-0.39, 0.29) is 5.97 Å². The zero-order chi connectivity index (χ0) is 21.2. The number of benzene rings is 2. The predicted octanol–water partition coefficient (Wildman–Crippen LogP) is 5.99. The first-order valence-corrected chi connectivity index (χ1v) is 10.3. The van der Waals surface area contributed by atoms with E-state index >= 15 is 0 Å². The van der Waals surface area contributed by atoms with Crippen LogP contribution >= 0.6 is 23.2 Å². The fraction of sp³-hybridized carbons (Fsp3) is 0.348. The standard InChI is InChI=1S/C23H26Cl2O4/c1-4-27-22(23(26)28-5-2)12-17-6-8-21(9-7-17)29-11-10-16(3)18-13-19(24)15-20(25)14-18/h6-10,13-15,22H,4-5,11-12H2,1-3H3/b16-10-. The van der Waals surface area contributed by atoms with E-state index in [0.29, 0.717) is 36.3 Å². The van der Waals surface area contributed by atoms with Gasteiger partial charge in [0.2, 0.25) is 0 Å². The van der Waals surface area contributed by atoms with E-state index in [0.717, 1.165) is 22.4 Å². The summed E-state index contributed by atoms with van der Waals surface area (Å²) in [6.45, 7) is 6.83. The first kappa shape index (κ1) is 23.3. The maximum absolute atomic E-state index is 12.0. The Morgan fingerprint density at radius 2 is 1.69 bits per heavy atom. The Morgan fingerprint density at radius 3 is 2.28 bits per heavy atom. The number of rotatable bonds is 10. The third-order valence-corrected chi connectivity index (χ3v) is 4.66. The topological polar surface area (TPSA) is 44.8 Å². The van der Waals surface area contributed by atoms with Crippen molar-refractivity contribution < 1.29 is 19.0 Å². The van der Waals surface area contributed by atoms with Crippen molar-refractivity contribution in [3.63, 3.8) is 0 Å². The second kappa shape index (κ2) is 11.9. The largest absolute Gasteiger partial charge is 0.490 e. The molecule has 0 bridgehead atoms. The molecule has 2 aromatic rings. The highest BCUT2D eigenvalue weighted by Gasteiger charge is 2.20. The number of hydrogen-bond donors (Lipinski definition) is 0. The molecule has 0 saturated carbocycles. The minimum absolute atomic E-state index is 0.337. The van der Waals surface area contributed by atoms with Gasteiger partial charge in [0.25, 0.3) is 0 Å². The number of hydrogen-bond acceptors (Lipinski definition) is 4. The van der Waals surface area contributed by atoms with Crippen LogP contribution in [0.4, 0.5) is 0 Å². The zero-order valence-corrected chi connectivity index (χ0v) is 18.4. The van der Waals surface area contributed by atoms with E-state index in [1.54, 1.807) is 13.0 Å². The molecule has 1 atom stereocenters. The van der Waals surface area contributed by atoms with Gasteiger partial charge in [-0.05, 0) is 73.9 Å². The molecule has 6 heteroatoms. The number of halogens is 2. The van der Waals surface area contributed by atoms with Gasteiger partial charge in [-0.3, -0.25) is 0 Å². The van der Waals surface area contributed by atoms with Gasteiger partial charge in [0.15, 0.2) is 6.10 Å². The third kappa shape index (κ3) is 7.73. The fourth-order valence-electron chi connectivity index (χ4n) is 2.74. The summed E-state index contributed by atoms with van der Waals surface area (Å²) in [5.74, 6) is 0.405. The number of esters is 1. The summed E-state index contributed by atoms with van der Waals surface area (Å²) in [6, 6.07) is 13.0. The van der Waals surface area contributed by atoms with Crippen LogP contribution in [-0.2, 0) is 20.7 Å². The lowest BCUT2D eigenvalue weighted by Gasteiger charge is -2.15. The van der Waals surface area contributed by atoms with E-state index in [1.165, 1.54) is 0 Å². The molecule has 0 aliphatic carbocycles. The van der Waals surface area contributed by atoms with E-state index in [9.17, 15) is 4.79 Å². The van der Waals surface area contributed by atoms with Crippen LogP contribution in [0.1, 0.15) is 31.9 Å². The lowest BCUT2D eigenvalue weighted by Crippen LogP contribution is -2.28. The fourth-order valence-corrected chi connectivity index (χ4v) is 3.27. The first-order chi connectivity index (χ1) is 13.9. The molecule has 0 saturated heterocycles. The van der Waals surface area contributed by atoms with Gasteiger partial charge in [0.1, 0.15) is 12.4 Å². The molecular formula is C23H26Cl2O4. The molecular weight excluding hydrogens is 411 g/mol. The highest BCUT2D eigenvalue weighted by molar-refractivity contribution is 6.34. The lowest BCUT2D eigenvalue weighted by atomic mass is 10.1. The Morgan fingerprint density at radius 1 is 1.03 bits per heavy atom. The SMILES string of the molecule is CCOC(=O)C(Cc1ccc(OC/C=C(/C)c2cc(Cl)cc(Cl)c2)cc1)OCC. The van der Waals surface area contributed by atoms with Crippen molar-refractivity contribution >= 4 is 34.7 Å². The highest BCUT2D eigenvalue weighted by atomic mass is 35.5. The van der Waals surface area contributed by atoms with E-state index in [1.807, 2.05) is 56.3 Å². The summed E-state index contributed by atoms with van der Waals surface area (Å²) in [5, 5.41) is 1.20. The molecule has 2 aromatic carbocycles. The van der Waals surface area contributed by atoms with Crippen LogP contribution in [0.3, 0.4) is 0 Å². The van der Waals surface area contributed by atoms with Gasteiger partial charge in [-0.2, -0.15) is 0 Å². The van der Waals surface area contributed by atoms with Crippen molar-refractivity contribution in [2.75, 3.05) is 19.8 Å². The lowest BCUT2D eigenvalue weighted by molar-refractivity contribution is -0.156. The molecule has 0 aliphatic rings. The molecule has 1 unspecified atom stereocenters. The van der Waals surface area contributed by atoms with Crippen molar-refractivity contribution in [2.24, 2.45) is 0 Å². The average Bonchev–Trinajstić information content (AvgIpc) is 2.68. The average molecular weight is 437 g/mol. The maximum atomic E-state index is 12.0. The van der Waals surface area contributed by atoms with Gasteiger partial charge in [0, 0.05) is 23.1 Å². The molecule has 0 N–H and O–H groups in total. The zero-order valence-electron chi connectivity index (χ0n) is 16.9. The van der Waals surface area contributed by atoms with Crippen LogP contribution in [0.2, 0.25) is 10.0 Å². The van der Waals surface area contributed by atoms with Crippen LogP contribution < -0.4 is 4.74 Å². The Kier molecular flexibility index (Phi) is 9.52. The van der Waals surface area contributed by atoms with E-state index < -0.39 is 6.10 Å². The monoisotopic (exact) mass is 436 g/mol. The van der Waals surface area contributed by atoms with Crippen LogP contribution in [0.25, 0.3) is 5.57 Å². The summed E-state index contributed by atoms with van der Waals surface area (Å²) >= 11 is 12.1. The van der Waals surface area contributed by atoms with Gasteiger partial charge in [-0.1, -0.05) is 35.3 Å². The molecule has 0 fully saturated rings. The maximum Gasteiger partial charge on any atom is 0.335 e. The van der Waals surface area contributed by atoms with E-state index in [4.69, 9.17) is 37.4 Å². The normalized spacial score (nSPS) is 12.5. The predicted molar refractivity (Wildman–Crippen MR) is 118 cm³/mol. The molecule has 0 spiro atoms. The molecule has 29 heavy (non-hydrogen) atoms. The third-order valence-electron chi connectivity index (χ3n) is 4.22. The Balaban J connectivity index is 1.93. The highest BCUT2D eigenvalue weighted by Crippen LogP contribution is 2.24. The molecule has 0 heterocycles. The van der Waals surface area contributed by atoms with Crippen LogP contribution in [0.5, 0.6) is 5.75 Å². The molecule has 0 aliphatic heterocycles. The summed E-state index contributed by atoms with van der Waals surface area (Å²) < 4.78 is 16.4. The number of allylic oxidation sites excluding steroid dienone is 1. The number of carbonyl (C=O) groups is 1. The Labute approximate surface area is 182 Å². The van der Waals surface area contributed by atoms with Crippen molar-refractivity contribution in [1.82, 2.24) is 0 Å². The smallest absolute Gasteiger partial charge is 0.335 e. The van der Waals surface area contributed by atoms with E-state index in [2.05, 4.69) is 0 Å². The summed E-state index contributed by atoms with van der Waals surface area (Å²) in [4.78, 5) is 12.0. The summed E-state index contributed by atoms with van der Waals surface area (Å²) in [7, 11) is 0. The summed E-state index contributed by atoms with van der Waals surface area (Å²) in [5.41, 5.74) is 2.96. The van der Waals surface area contributed by atoms with Crippen molar-refractivity contribution in [1.29, 1.82) is 0 Å². The Hall–Kier alpha value is -2.01. The van der Waals surface area contributed by atoms with Crippen LogP contribution in [-0.4, -0.2) is 31.9 Å². The van der Waals surface area contributed by atoms with Gasteiger partial charge < -0.3 is 14.2 Å². The van der Waals surface area contributed by atoms with Gasteiger partial charge >= 0.3 is 5.97 Å². The van der Waals surface area contributed by atoms with Crippen LogP contribution in [0, 0.1) is 0 Å². The molecule has 0 amide bonds. The Bertz CT molecular complexity index is 811.